The molecular formula is C12H13ClO6S. The van der Waals surface area contributed by atoms with Gasteiger partial charge in [0.2, 0.25) is 0 Å². The molecule has 6 nitrogen and oxygen atoms in total. The Morgan fingerprint density at radius 2 is 1.75 bits per heavy atom. The fourth-order valence-electron chi connectivity index (χ4n) is 1.37. The van der Waals surface area contributed by atoms with E-state index >= 15 is 0 Å². The molecule has 0 saturated carbocycles. The van der Waals surface area contributed by atoms with Crippen molar-refractivity contribution >= 4 is 40.4 Å². The van der Waals surface area contributed by atoms with Gasteiger partial charge in [-0.15, -0.1) is 0 Å². The first-order chi connectivity index (χ1) is 9.49. The van der Waals surface area contributed by atoms with Crippen LogP contribution in [-0.4, -0.2) is 40.4 Å². The number of esters is 2. The molecule has 0 spiro atoms. The number of rotatable bonds is 5. The van der Waals surface area contributed by atoms with Crippen molar-refractivity contribution in [1.82, 2.24) is 0 Å². The fourth-order valence-corrected chi connectivity index (χ4v) is 2.77. The molecule has 0 aromatic carbocycles. The summed E-state index contributed by atoms with van der Waals surface area (Å²) < 4.78 is 19.4. The summed E-state index contributed by atoms with van der Waals surface area (Å²) in [5.74, 6) is -1.18. The number of thiophene rings is 1. The molecule has 0 radical (unpaired) electrons. The number of ether oxygens (including phenoxy) is 4. The summed E-state index contributed by atoms with van der Waals surface area (Å²) >= 11 is 7.12. The number of methoxy groups -OCH3 is 4. The van der Waals surface area contributed by atoms with E-state index in [0.29, 0.717) is 9.94 Å². The van der Waals surface area contributed by atoms with Gasteiger partial charge in [0.25, 0.3) is 0 Å². The monoisotopic (exact) mass is 320 g/mol. The van der Waals surface area contributed by atoms with Crippen LogP contribution in [0.25, 0.3) is 5.57 Å². The van der Waals surface area contributed by atoms with Gasteiger partial charge in [-0.3, -0.25) is 0 Å². The van der Waals surface area contributed by atoms with Gasteiger partial charge in [0, 0.05) is 6.08 Å². The average Bonchev–Trinajstić information content (AvgIpc) is 2.79. The summed E-state index contributed by atoms with van der Waals surface area (Å²) in [6.07, 6.45) is 1.01. The zero-order valence-corrected chi connectivity index (χ0v) is 12.9. The van der Waals surface area contributed by atoms with Gasteiger partial charge >= 0.3 is 11.9 Å². The third kappa shape index (κ3) is 3.23. The molecule has 1 aromatic rings. The Morgan fingerprint density at radius 1 is 1.10 bits per heavy atom. The van der Waals surface area contributed by atoms with E-state index in [4.69, 9.17) is 21.1 Å². The summed E-state index contributed by atoms with van der Waals surface area (Å²) in [4.78, 5) is 23.5. The highest BCUT2D eigenvalue weighted by molar-refractivity contribution is 7.16. The first kappa shape index (κ1) is 16.3. The summed E-state index contributed by atoms with van der Waals surface area (Å²) in [5.41, 5.74) is -0.0219. The third-order valence-electron chi connectivity index (χ3n) is 2.28. The molecule has 1 rings (SSSR count). The minimum absolute atomic E-state index is 0.0219. The van der Waals surface area contributed by atoms with Crippen LogP contribution in [0, 0.1) is 0 Å². The van der Waals surface area contributed by atoms with E-state index in [1.54, 1.807) is 0 Å². The van der Waals surface area contributed by atoms with Crippen LogP contribution in [0.4, 0.5) is 0 Å². The summed E-state index contributed by atoms with van der Waals surface area (Å²) in [7, 11) is 5.23. The van der Waals surface area contributed by atoms with Crippen LogP contribution in [0.15, 0.2) is 6.08 Å². The van der Waals surface area contributed by atoms with Crippen molar-refractivity contribution in [2.45, 2.75) is 0 Å². The van der Waals surface area contributed by atoms with Crippen LogP contribution in [-0.2, 0) is 19.1 Å². The SMILES string of the molecule is COC(=O)/C=C(\C(=O)OC)c1sc(OC)c(Cl)c1OC. The van der Waals surface area contributed by atoms with Gasteiger partial charge in [0.05, 0.1) is 38.9 Å². The largest absolute Gasteiger partial charge is 0.493 e. The Kier molecular flexibility index (Phi) is 5.84. The second kappa shape index (κ2) is 7.16. The predicted molar refractivity (Wildman–Crippen MR) is 74.4 cm³/mol. The molecule has 0 aliphatic carbocycles. The molecule has 1 heterocycles. The minimum atomic E-state index is -0.714. The normalized spacial score (nSPS) is 10.9. The lowest BCUT2D eigenvalue weighted by atomic mass is 10.2. The van der Waals surface area contributed by atoms with Crippen molar-refractivity contribution in [3.63, 3.8) is 0 Å². The van der Waals surface area contributed by atoms with Crippen LogP contribution in [0.2, 0.25) is 5.02 Å². The van der Waals surface area contributed by atoms with Gasteiger partial charge in [-0.1, -0.05) is 22.9 Å². The highest BCUT2D eigenvalue weighted by Gasteiger charge is 2.26. The Morgan fingerprint density at radius 3 is 2.20 bits per heavy atom. The molecule has 0 saturated heterocycles. The third-order valence-corrected chi connectivity index (χ3v) is 3.90. The predicted octanol–water partition coefficient (Wildman–Crippen LogP) is 2.15. The van der Waals surface area contributed by atoms with Crippen molar-refractivity contribution < 1.29 is 28.5 Å². The Hall–Kier alpha value is -1.73. The van der Waals surface area contributed by atoms with E-state index in [0.717, 1.165) is 17.4 Å². The van der Waals surface area contributed by atoms with Crippen molar-refractivity contribution in [3.8, 4) is 10.8 Å². The van der Waals surface area contributed by atoms with E-state index < -0.39 is 11.9 Å². The lowest BCUT2D eigenvalue weighted by Gasteiger charge is -2.05. The van der Waals surface area contributed by atoms with Gasteiger partial charge in [-0.25, -0.2) is 9.59 Å². The van der Waals surface area contributed by atoms with Crippen molar-refractivity contribution in [2.24, 2.45) is 0 Å². The van der Waals surface area contributed by atoms with E-state index in [1.807, 2.05) is 0 Å². The van der Waals surface area contributed by atoms with E-state index in [2.05, 4.69) is 9.47 Å². The van der Waals surface area contributed by atoms with Crippen molar-refractivity contribution in [3.05, 3.63) is 16.0 Å². The van der Waals surface area contributed by atoms with Gasteiger partial charge in [0.15, 0.2) is 10.8 Å². The first-order valence-corrected chi connectivity index (χ1v) is 6.48. The molecule has 0 aliphatic heterocycles. The summed E-state index contributed by atoms with van der Waals surface area (Å²) in [6, 6.07) is 0. The number of halogens is 1. The maximum Gasteiger partial charge on any atom is 0.339 e. The highest BCUT2D eigenvalue weighted by atomic mass is 35.5. The van der Waals surface area contributed by atoms with E-state index in [1.165, 1.54) is 28.4 Å². The average molecular weight is 321 g/mol. The molecule has 110 valence electrons. The second-order valence-corrected chi connectivity index (χ2v) is 4.70. The van der Waals surface area contributed by atoms with Crippen molar-refractivity contribution in [2.75, 3.05) is 28.4 Å². The highest BCUT2D eigenvalue weighted by Crippen LogP contribution is 2.48. The van der Waals surface area contributed by atoms with E-state index in [-0.39, 0.29) is 16.3 Å². The Balaban J connectivity index is 3.45. The van der Waals surface area contributed by atoms with Crippen LogP contribution < -0.4 is 9.47 Å². The maximum atomic E-state index is 11.8. The number of hydrogen-bond acceptors (Lipinski definition) is 7. The van der Waals surface area contributed by atoms with Gasteiger partial charge in [-0.05, 0) is 0 Å². The molecule has 0 fully saturated rings. The minimum Gasteiger partial charge on any atom is -0.493 e. The molecule has 8 heteroatoms. The molecule has 0 N–H and O–H groups in total. The molecule has 0 unspecified atom stereocenters. The quantitative estimate of drug-likeness (QED) is 0.611. The zero-order chi connectivity index (χ0) is 15.3. The zero-order valence-electron chi connectivity index (χ0n) is 11.3. The van der Waals surface area contributed by atoms with Crippen LogP contribution >= 0.6 is 22.9 Å². The Labute approximate surface area is 124 Å². The van der Waals surface area contributed by atoms with Gasteiger partial charge in [-0.2, -0.15) is 0 Å². The smallest absolute Gasteiger partial charge is 0.339 e. The molecule has 20 heavy (non-hydrogen) atoms. The standard InChI is InChI=1S/C12H13ClO6S/c1-16-7(14)5-6(11(15)18-3)10-9(17-2)8(13)12(19-4)20-10/h5H,1-4H3/b6-5-. The lowest BCUT2D eigenvalue weighted by molar-refractivity contribution is -0.136. The molecule has 0 bridgehead atoms. The molecule has 1 aromatic heterocycles. The number of carbonyl (C=O) groups is 2. The van der Waals surface area contributed by atoms with E-state index in [9.17, 15) is 9.59 Å². The number of hydrogen-bond donors (Lipinski definition) is 0. The van der Waals surface area contributed by atoms with Gasteiger partial charge in [0.1, 0.15) is 5.02 Å². The second-order valence-electron chi connectivity index (χ2n) is 3.34. The topological polar surface area (TPSA) is 71.1 Å². The first-order valence-electron chi connectivity index (χ1n) is 5.28. The van der Waals surface area contributed by atoms with Crippen LogP contribution in [0.1, 0.15) is 4.88 Å². The fraction of sp³-hybridized carbons (Fsp3) is 0.333. The summed E-state index contributed by atoms with van der Waals surface area (Å²) in [5, 5.41) is 0.577. The molecule has 0 amide bonds. The van der Waals surface area contributed by atoms with Crippen molar-refractivity contribution in [1.29, 1.82) is 0 Å². The lowest BCUT2D eigenvalue weighted by Crippen LogP contribution is -2.07. The molecular weight excluding hydrogens is 308 g/mol. The van der Waals surface area contributed by atoms with Crippen LogP contribution in [0.5, 0.6) is 10.8 Å². The van der Waals surface area contributed by atoms with Gasteiger partial charge < -0.3 is 18.9 Å². The van der Waals surface area contributed by atoms with Crippen LogP contribution in [0.3, 0.4) is 0 Å². The maximum absolute atomic E-state index is 11.8. The Bertz CT molecular complexity index is 548. The molecule has 0 atom stereocenters. The number of carbonyl (C=O) groups excluding carboxylic acids is 2. The summed E-state index contributed by atoms with van der Waals surface area (Å²) in [6.45, 7) is 0. The molecule has 0 aliphatic rings.